The summed E-state index contributed by atoms with van der Waals surface area (Å²) < 4.78 is 2.23. The number of rotatable bonds is 5. The van der Waals surface area contributed by atoms with Crippen molar-refractivity contribution in [1.29, 1.82) is 0 Å². The van der Waals surface area contributed by atoms with Gasteiger partial charge in [-0.3, -0.25) is 0 Å². The second-order valence-corrected chi connectivity index (χ2v) is 5.85. The van der Waals surface area contributed by atoms with Gasteiger partial charge in [-0.1, -0.05) is 43.7 Å². The van der Waals surface area contributed by atoms with Crippen LogP contribution in [0.5, 0.6) is 5.75 Å². The van der Waals surface area contributed by atoms with Gasteiger partial charge in [-0.25, -0.2) is 4.57 Å². The average Bonchev–Trinajstić information content (AvgIpc) is 2.59. The number of aromatic hydroxyl groups is 1. The molecule has 2 aromatic carbocycles. The molecule has 3 rings (SSSR count). The summed E-state index contributed by atoms with van der Waals surface area (Å²) in [5, 5.41) is 11.7. The average molecular weight is 384 g/mol. The van der Waals surface area contributed by atoms with Crippen LogP contribution in [0.3, 0.4) is 0 Å². The molecule has 0 fully saturated rings. The van der Waals surface area contributed by atoms with Crippen molar-refractivity contribution in [3.63, 3.8) is 0 Å². The van der Waals surface area contributed by atoms with Crippen LogP contribution in [0.2, 0.25) is 0 Å². The van der Waals surface area contributed by atoms with Crippen LogP contribution < -0.4 is 21.5 Å². The minimum Gasteiger partial charge on any atom is -1.00 e. The summed E-state index contributed by atoms with van der Waals surface area (Å²) in [6.07, 6.45) is 11.0. The molecular formula is C21H22BrNO. The maximum Gasteiger partial charge on any atom is 0.169 e. The first-order chi connectivity index (χ1) is 11.2. The maximum absolute atomic E-state index is 9.51. The topological polar surface area (TPSA) is 24.1 Å². The standard InChI is InChI=1S/C21H21NO.BrH/c1-2-3-12-22-13-10-17(11-14-22)4-5-18-6-7-20-16-21(23)9-8-19(20)15-18;/h4-11,13-16H,2-3,12H2,1H3;1H. The largest absolute Gasteiger partial charge is 1.00 e. The van der Waals surface area contributed by atoms with Crippen LogP contribution in [-0.4, -0.2) is 5.11 Å². The third-order valence-corrected chi connectivity index (χ3v) is 4.00. The van der Waals surface area contributed by atoms with Crippen molar-refractivity contribution in [1.82, 2.24) is 0 Å². The van der Waals surface area contributed by atoms with Crippen molar-refractivity contribution >= 4 is 22.9 Å². The van der Waals surface area contributed by atoms with E-state index in [0.717, 1.165) is 22.9 Å². The summed E-state index contributed by atoms with van der Waals surface area (Å²) in [5.41, 5.74) is 2.36. The zero-order chi connectivity index (χ0) is 16.1. The summed E-state index contributed by atoms with van der Waals surface area (Å²) in [6, 6.07) is 16.0. The summed E-state index contributed by atoms with van der Waals surface area (Å²) in [7, 11) is 0. The monoisotopic (exact) mass is 383 g/mol. The molecule has 0 spiro atoms. The Morgan fingerprint density at radius 1 is 0.875 bits per heavy atom. The third-order valence-electron chi connectivity index (χ3n) is 4.00. The van der Waals surface area contributed by atoms with Gasteiger partial charge in [-0.15, -0.1) is 0 Å². The van der Waals surface area contributed by atoms with Crippen molar-refractivity contribution in [2.24, 2.45) is 0 Å². The number of aromatic nitrogens is 1. The van der Waals surface area contributed by atoms with E-state index in [1.54, 1.807) is 12.1 Å². The molecule has 0 saturated carbocycles. The Morgan fingerprint density at radius 3 is 2.29 bits per heavy atom. The molecule has 0 saturated heterocycles. The lowest BCUT2D eigenvalue weighted by molar-refractivity contribution is -0.697. The Hall–Kier alpha value is -2.13. The maximum atomic E-state index is 9.51. The van der Waals surface area contributed by atoms with Crippen LogP contribution in [-0.2, 0) is 6.54 Å². The number of aryl methyl sites for hydroxylation is 1. The highest BCUT2D eigenvalue weighted by molar-refractivity contribution is 5.87. The molecule has 1 heterocycles. The molecule has 0 radical (unpaired) electrons. The molecule has 124 valence electrons. The summed E-state index contributed by atoms with van der Waals surface area (Å²) >= 11 is 0. The first-order valence-electron chi connectivity index (χ1n) is 8.14. The summed E-state index contributed by atoms with van der Waals surface area (Å²) in [6.45, 7) is 3.29. The predicted octanol–water partition coefficient (Wildman–Crippen LogP) is 1.81. The minimum absolute atomic E-state index is 0. The second kappa shape index (κ2) is 8.65. The SMILES string of the molecule is CCCC[n+]1ccc(/C=C/c2ccc3cc(O)ccc3c2)cc1.[Br-]. The third kappa shape index (κ3) is 4.68. The van der Waals surface area contributed by atoms with E-state index < -0.39 is 0 Å². The highest BCUT2D eigenvalue weighted by atomic mass is 79.9. The van der Waals surface area contributed by atoms with Crippen LogP contribution in [0.15, 0.2) is 60.9 Å². The molecule has 0 aliphatic rings. The van der Waals surface area contributed by atoms with Crippen LogP contribution >= 0.6 is 0 Å². The number of phenols is 1. The molecular weight excluding hydrogens is 362 g/mol. The van der Waals surface area contributed by atoms with Crippen LogP contribution in [0, 0.1) is 0 Å². The number of fused-ring (bicyclic) bond motifs is 1. The predicted molar refractivity (Wildman–Crippen MR) is 96.1 cm³/mol. The lowest BCUT2D eigenvalue weighted by Crippen LogP contribution is -3.00. The molecule has 1 aromatic heterocycles. The molecule has 0 aliphatic heterocycles. The van der Waals surface area contributed by atoms with E-state index in [1.807, 2.05) is 12.1 Å². The molecule has 0 unspecified atom stereocenters. The Balaban J connectivity index is 0.00000208. The highest BCUT2D eigenvalue weighted by Gasteiger charge is 1.99. The van der Waals surface area contributed by atoms with Gasteiger partial charge in [0.25, 0.3) is 0 Å². The minimum atomic E-state index is 0. The lowest BCUT2D eigenvalue weighted by Gasteiger charge is -2.01. The van der Waals surface area contributed by atoms with Crippen LogP contribution in [0.25, 0.3) is 22.9 Å². The van der Waals surface area contributed by atoms with E-state index in [2.05, 4.69) is 60.3 Å². The number of pyridine rings is 1. The van der Waals surface area contributed by atoms with Gasteiger partial charge in [0, 0.05) is 18.6 Å². The van der Waals surface area contributed by atoms with Crippen molar-refractivity contribution in [3.8, 4) is 5.75 Å². The van der Waals surface area contributed by atoms with E-state index >= 15 is 0 Å². The van der Waals surface area contributed by atoms with Crippen LogP contribution in [0.1, 0.15) is 30.9 Å². The first-order valence-corrected chi connectivity index (χ1v) is 8.14. The fraction of sp³-hybridized carbons (Fsp3) is 0.190. The van der Waals surface area contributed by atoms with Gasteiger partial charge < -0.3 is 22.1 Å². The van der Waals surface area contributed by atoms with Crippen molar-refractivity contribution < 1.29 is 26.7 Å². The fourth-order valence-electron chi connectivity index (χ4n) is 2.62. The molecule has 0 bridgehead atoms. The van der Waals surface area contributed by atoms with Gasteiger partial charge in [0.05, 0.1) is 0 Å². The van der Waals surface area contributed by atoms with Crippen molar-refractivity contribution in [3.05, 3.63) is 72.1 Å². The lowest BCUT2D eigenvalue weighted by atomic mass is 10.1. The van der Waals surface area contributed by atoms with Gasteiger partial charge in [0.15, 0.2) is 12.4 Å². The Labute approximate surface area is 153 Å². The molecule has 24 heavy (non-hydrogen) atoms. The molecule has 2 nitrogen and oxygen atoms in total. The molecule has 0 aliphatic carbocycles. The zero-order valence-corrected chi connectivity index (χ0v) is 15.4. The fourth-order valence-corrected chi connectivity index (χ4v) is 2.62. The van der Waals surface area contributed by atoms with Crippen molar-refractivity contribution in [2.45, 2.75) is 26.3 Å². The number of unbranched alkanes of at least 4 members (excludes halogenated alkanes) is 1. The Morgan fingerprint density at radius 2 is 1.54 bits per heavy atom. The van der Waals surface area contributed by atoms with E-state index in [1.165, 1.54) is 18.4 Å². The second-order valence-electron chi connectivity index (χ2n) is 5.85. The van der Waals surface area contributed by atoms with Crippen LogP contribution in [0.4, 0.5) is 0 Å². The Kier molecular flexibility index (Phi) is 6.56. The van der Waals surface area contributed by atoms with Gasteiger partial charge in [0.2, 0.25) is 0 Å². The normalized spacial score (nSPS) is 10.9. The molecule has 3 aromatic rings. The number of halogens is 1. The van der Waals surface area contributed by atoms with E-state index in [-0.39, 0.29) is 17.0 Å². The van der Waals surface area contributed by atoms with E-state index in [0.29, 0.717) is 5.75 Å². The molecule has 0 amide bonds. The van der Waals surface area contributed by atoms with Gasteiger partial charge in [-0.05, 0) is 40.1 Å². The van der Waals surface area contributed by atoms with E-state index in [4.69, 9.17) is 0 Å². The summed E-state index contributed by atoms with van der Waals surface area (Å²) in [4.78, 5) is 0. The highest BCUT2D eigenvalue weighted by Crippen LogP contribution is 2.21. The molecule has 0 atom stereocenters. The van der Waals surface area contributed by atoms with Gasteiger partial charge >= 0.3 is 0 Å². The van der Waals surface area contributed by atoms with Crippen molar-refractivity contribution in [2.75, 3.05) is 0 Å². The number of hydrogen-bond acceptors (Lipinski definition) is 1. The zero-order valence-electron chi connectivity index (χ0n) is 13.8. The first kappa shape index (κ1) is 18.2. The number of phenolic OH excluding ortho intramolecular Hbond substituents is 1. The number of nitrogens with zero attached hydrogens (tertiary/aromatic N) is 1. The molecule has 1 N–H and O–H groups in total. The molecule has 3 heteroatoms. The van der Waals surface area contributed by atoms with E-state index in [9.17, 15) is 5.11 Å². The quantitative estimate of drug-likeness (QED) is 0.667. The number of hydrogen-bond donors (Lipinski definition) is 1. The smallest absolute Gasteiger partial charge is 0.169 e. The van der Waals surface area contributed by atoms with Gasteiger partial charge in [-0.2, -0.15) is 0 Å². The van der Waals surface area contributed by atoms with Gasteiger partial charge in [0.1, 0.15) is 12.3 Å². The summed E-state index contributed by atoms with van der Waals surface area (Å²) in [5.74, 6) is 0.307. The Bertz CT molecular complexity index is 825. The number of benzene rings is 2.